The second kappa shape index (κ2) is 6.23. The van der Waals surface area contributed by atoms with Crippen molar-refractivity contribution in [3.63, 3.8) is 0 Å². The lowest BCUT2D eigenvalue weighted by molar-refractivity contribution is -0.161. The van der Waals surface area contributed by atoms with E-state index in [2.05, 4.69) is 4.90 Å². The molecule has 21 heavy (non-hydrogen) atoms. The van der Waals surface area contributed by atoms with E-state index in [-0.39, 0.29) is 12.0 Å². The average Bonchev–Trinajstić information content (AvgIpc) is 2.41. The van der Waals surface area contributed by atoms with Gasteiger partial charge in [-0.25, -0.2) is 0 Å². The second-order valence-corrected chi connectivity index (χ2v) is 7.19. The van der Waals surface area contributed by atoms with Crippen molar-refractivity contribution < 1.29 is 15.0 Å². The van der Waals surface area contributed by atoms with Gasteiger partial charge in [-0.05, 0) is 44.4 Å². The summed E-state index contributed by atoms with van der Waals surface area (Å²) >= 11 is 0. The minimum Gasteiger partial charge on any atom is -0.393 e. The summed E-state index contributed by atoms with van der Waals surface area (Å²) in [6.07, 6.45) is 6.49. The lowest BCUT2D eigenvalue weighted by Crippen LogP contribution is -2.60. The molecule has 3 rings (SSSR count). The summed E-state index contributed by atoms with van der Waals surface area (Å²) in [4.78, 5) is 16.7. The highest BCUT2D eigenvalue weighted by molar-refractivity contribution is 5.86. The third-order valence-electron chi connectivity index (χ3n) is 5.45. The molecule has 5 heteroatoms. The molecule has 1 atom stereocenters. The molecule has 2 heterocycles. The van der Waals surface area contributed by atoms with Crippen LogP contribution in [-0.4, -0.2) is 70.3 Å². The van der Waals surface area contributed by atoms with E-state index in [1.54, 1.807) is 0 Å². The summed E-state index contributed by atoms with van der Waals surface area (Å²) in [5.41, 5.74) is -1.20. The molecule has 2 aliphatic heterocycles. The van der Waals surface area contributed by atoms with Crippen LogP contribution in [0, 0.1) is 5.92 Å². The summed E-state index contributed by atoms with van der Waals surface area (Å²) in [6.45, 7) is 3.62. The van der Waals surface area contributed by atoms with E-state index in [1.165, 1.54) is 19.3 Å². The van der Waals surface area contributed by atoms with Gasteiger partial charge in [0.25, 0.3) is 5.91 Å². The van der Waals surface area contributed by atoms with E-state index in [4.69, 9.17) is 0 Å². The first-order valence-electron chi connectivity index (χ1n) is 8.49. The second-order valence-electron chi connectivity index (χ2n) is 7.19. The van der Waals surface area contributed by atoms with Crippen molar-refractivity contribution >= 4 is 5.91 Å². The molecule has 0 radical (unpaired) electrons. The Kier molecular flexibility index (Phi) is 4.52. The molecule has 120 valence electrons. The fourth-order valence-corrected chi connectivity index (χ4v) is 3.82. The van der Waals surface area contributed by atoms with Crippen molar-refractivity contribution in [3.8, 4) is 0 Å². The topological polar surface area (TPSA) is 64.0 Å². The zero-order valence-corrected chi connectivity index (χ0v) is 12.8. The number of hydrogen-bond donors (Lipinski definition) is 2. The molecule has 1 amide bonds. The zero-order chi connectivity index (χ0) is 14.9. The third-order valence-corrected chi connectivity index (χ3v) is 5.45. The van der Waals surface area contributed by atoms with Gasteiger partial charge in [-0.1, -0.05) is 6.42 Å². The van der Waals surface area contributed by atoms with Gasteiger partial charge >= 0.3 is 0 Å². The smallest absolute Gasteiger partial charge is 0.255 e. The van der Waals surface area contributed by atoms with Gasteiger partial charge in [0, 0.05) is 32.7 Å². The standard InChI is InChI=1S/C16H28N2O3/c19-14-5-9-17(10-6-14)12-16(21)7-2-8-18(15(16)20)11-13-3-1-4-13/h13-14,19,21H,1-12H2/t16-/m0/s1. The Morgan fingerprint density at radius 3 is 2.43 bits per heavy atom. The summed E-state index contributed by atoms with van der Waals surface area (Å²) in [6, 6.07) is 0. The lowest BCUT2D eigenvalue weighted by Gasteiger charge is -2.43. The van der Waals surface area contributed by atoms with Gasteiger partial charge in [0.1, 0.15) is 0 Å². The van der Waals surface area contributed by atoms with E-state index in [1.807, 2.05) is 4.90 Å². The predicted molar refractivity (Wildman–Crippen MR) is 79.8 cm³/mol. The Balaban J connectivity index is 1.57. The highest BCUT2D eigenvalue weighted by Gasteiger charge is 2.44. The number of β-amino-alcohol motifs (C(OH)–C–C–N with tert-alkyl or cyclic N) is 1. The SMILES string of the molecule is O=C1N(CC2CCC2)CCC[C@]1(O)CN1CCC(O)CC1. The predicted octanol–water partition coefficient (Wildman–Crippen LogP) is 0.597. The Morgan fingerprint density at radius 2 is 1.81 bits per heavy atom. The van der Waals surface area contributed by atoms with Crippen LogP contribution in [0.4, 0.5) is 0 Å². The minimum atomic E-state index is -1.20. The van der Waals surface area contributed by atoms with E-state index < -0.39 is 5.60 Å². The molecule has 3 aliphatic rings. The maximum atomic E-state index is 12.7. The van der Waals surface area contributed by atoms with Crippen LogP contribution in [0.25, 0.3) is 0 Å². The maximum Gasteiger partial charge on any atom is 0.255 e. The summed E-state index contributed by atoms with van der Waals surface area (Å²) < 4.78 is 0. The molecule has 5 nitrogen and oxygen atoms in total. The van der Waals surface area contributed by atoms with E-state index in [0.29, 0.717) is 18.9 Å². The van der Waals surface area contributed by atoms with Crippen LogP contribution in [0.2, 0.25) is 0 Å². The first-order valence-corrected chi connectivity index (χ1v) is 8.49. The van der Waals surface area contributed by atoms with Gasteiger partial charge < -0.3 is 15.1 Å². The van der Waals surface area contributed by atoms with Gasteiger partial charge in [-0.2, -0.15) is 0 Å². The first-order chi connectivity index (χ1) is 10.1. The van der Waals surface area contributed by atoms with Crippen LogP contribution in [0.5, 0.6) is 0 Å². The van der Waals surface area contributed by atoms with Crippen molar-refractivity contribution in [2.75, 3.05) is 32.7 Å². The Bertz CT molecular complexity index is 378. The molecule has 2 N–H and O–H groups in total. The van der Waals surface area contributed by atoms with E-state index in [9.17, 15) is 15.0 Å². The van der Waals surface area contributed by atoms with Crippen molar-refractivity contribution in [2.24, 2.45) is 5.92 Å². The molecule has 0 unspecified atom stereocenters. The van der Waals surface area contributed by atoms with Crippen LogP contribution in [-0.2, 0) is 4.79 Å². The fraction of sp³-hybridized carbons (Fsp3) is 0.938. The van der Waals surface area contributed by atoms with Crippen LogP contribution in [0.1, 0.15) is 44.9 Å². The highest BCUT2D eigenvalue weighted by Crippen LogP contribution is 2.31. The molecule has 1 aliphatic carbocycles. The number of aliphatic hydroxyl groups excluding tert-OH is 1. The molecular formula is C16H28N2O3. The number of piperidine rings is 2. The number of carbonyl (C=O) groups is 1. The minimum absolute atomic E-state index is 0.0632. The number of nitrogens with zero attached hydrogens (tertiary/aromatic N) is 2. The first kappa shape index (κ1) is 15.3. The Morgan fingerprint density at radius 1 is 1.10 bits per heavy atom. The normalized spacial score (nSPS) is 33.2. The molecule has 0 aromatic rings. The molecule has 0 bridgehead atoms. The maximum absolute atomic E-state index is 12.7. The monoisotopic (exact) mass is 296 g/mol. The number of hydrogen-bond acceptors (Lipinski definition) is 4. The summed E-state index contributed by atoms with van der Waals surface area (Å²) in [5.74, 6) is 0.591. The Labute approximate surface area is 126 Å². The van der Waals surface area contributed by atoms with E-state index in [0.717, 1.165) is 45.4 Å². The lowest BCUT2D eigenvalue weighted by atomic mass is 9.83. The fourth-order valence-electron chi connectivity index (χ4n) is 3.82. The quantitative estimate of drug-likeness (QED) is 0.797. The van der Waals surface area contributed by atoms with Gasteiger partial charge in [0.15, 0.2) is 5.60 Å². The third kappa shape index (κ3) is 3.41. The molecule has 2 saturated heterocycles. The van der Waals surface area contributed by atoms with Gasteiger partial charge in [0.05, 0.1) is 6.10 Å². The number of likely N-dealkylation sites (tertiary alicyclic amines) is 2. The summed E-state index contributed by atoms with van der Waals surface area (Å²) in [5, 5.41) is 20.4. The van der Waals surface area contributed by atoms with Crippen molar-refractivity contribution in [1.29, 1.82) is 0 Å². The van der Waals surface area contributed by atoms with E-state index >= 15 is 0 Å². The highest BCUT2D eigenvalue weighted by atomic mass is 16.3. The molecular weight excluding hydrogens is 268 g/mol. The van der Waals surface area contributed by atoms with Crippen molar-refractivity contribution in [1.82, 2.24) is 9.80 Å². The van der Waals surface area contributed by atoms with Crippen LogP contribution in [0.15, 0.2) is 0 Å². The molecule has 0 aromatic carbocycles. The van der Waals surface area contributed by atoms with Gasteiger partial charge in [-0.3, -0.25) is 9.69 Å². The van der Waals surface area contributed by atoms with Crippen LogP contribution < -0.4 is 0 Å². The molecule has 1 saturated carbocycles. The molecule has 3 fully saturated rings. The Hall–Kier alpha value is -0.650. The number of rotatable bonds is 4. The van der Waals surface area contributed by atoms with Gasteiger partial charge in [-0.15, -0.1) is 0 Å². The molecule has 0 aromatic heterocycles. The average molecular weight is 296 g/mol. The number of carbonyl (C=O) groups excluding carboxylic acids is 1. The largest absolute Gasteiger partial charge is 0.393 e. The van der Waals surface area contributed by atoms with Gasteiger partial charge in [0.2, 0.25) is 0 Å². The van der Waals surface area contributed by atoms with Crippen LogP contribution in [0.3, 0.4) is 0 Å². The van der Waals surface area contributed by atoms with Crippen LogP contribution >= 0.6 is 0 Å². The summed E-state index contributed by atoms with van der Waals surface area (Å²) in [7, 11) is 0. The zero-order valence-electron chi connectivity index (χ0n) is 12.8. The van der Waals surface area contributed by atoms with Crippen molar-refractivity contribution in [2.45, 2.75) is 56.7 Å². The number of amides is 1. The molecule has 0 spiro atoms. The number of aliphatic hydroxyl groups is 2. The van der Waals surface area contributed by atoms with Crippen molar-refractivity contribution in [3.05, 3.63) is 0 Å².